The number of hydrogen-bond donors (Lipinski definition) is 1. The van der Waals surface area contributed by atoms with Crippen LogP contribution in [0.5, 0.6) is 0 Å². The Morgan fingerprint density at radius 1 is 1.13 bits per heavy atom. The molecule has 1 aromatic heterocycles. The van der Waals surface area contributed by atoms with E-state index in [1.807, 2.05) is 43.3 Å². The third-order valence-electron chi connectivity index (χ3n) is 5.04. The molecule has 154 valence electrons. The van der Waals surface area contributed by atoms with Crippen molar-refractivity contribution in [2.75, 3.05) is 17.7 Å². The molecule has 1 aliphatic rings. The fourth-order valence-electron chi connectivity index (χ4n) is 3.54. The van der Waals surface area contributed by atoms with E-state index in [-0.39, 0.29) is 23.8 Å². The van der Waals surface area contributed by atoms with Gasteiger partial charge < -0.3 is 4.90 Å². The zero-order chi connectivity index (χ0) is 21.1. The Morgan fingerprint density at radius 3 is 2.63 bits per heavy atom. The van der Waals surface area contributed by atoms with Crippen molar-refractivity contribution in [1.82, 2.24) is 14.6 Å². The molecule has 2 heterocycles. The number of hydrogen-bond acceptors (Lipinski definition) is 5. The first-order valence-corrected chi connectivity index (χ1v) is 10.8. The fourth-order valence-corrected chi connectivity index (χ4v) is 4.22. The van der Waals surface area contributed by atoms with Gasteiger partial charge in [-0.2, -0.15) is 4.68 Å². The summed E-state index contributed by atoms with van der Waals surface area (Å²) in [6.07, 6.45) is 0.130. The van der Waals surface area contributed by atoms with Crippen LogP contribution in [0, 0.1) is 5.92 Å². The van der Waals surface area contributed by atoms with Crippen LogP contribution in [0.2, 0.25) is 0 Å². The second-order valence-electron chi connectivity index (χ2n) is 7.12. The van der Waals surface area contributed by atoms with E-state index >= 15 is 0 Å². The highest BCUT2D eigenvalue weighted by molar-refractivity contribution is 7.99. The molecule has 1 aliphatic heterocycles. The maximum Gasteiger partial charge on any atom is 0.281 e. The Kier molecular flexibility index (Phi) is 5.85. The summed E-state index contributed by atoms with van der Waals surface area (Å²) >= 11 is 1.38. The number of benzene rings is 2. The highest BCUT2D eigenvalue weighted by atomic mass is 32.2. The first-order chi connectivity index (χ1) is 14.6. The average molecular weight is 423 g/mol. The van der Waals surface area contributed by atoms with Crippen LogP contribution in [0.4, 0.5) is 0 Å². The molecule has 0 spiro atoms. The van der Waals surface area contributed by atoms with Gasteiger partial charge in [-0.15, -0.1) is 0 Å². The van der Waals surface area contributed by atoms with Crippen molar-refractivity contribution in [3.05, 3.63) is 70.5 Å². The topological polar surface area (TPSA) is 84.3 Å². The minimum atomic E-state index is -0.515. The van der Waals surface area contributed by atoms with Gasteiger partial charge in [-0.1, -0.05) is 61.2 Å². The van der Waals surface area contributed by atoms with Crippen LogP contribution >= 0.6 is 11.8 Å². The first-order valence-electron chi connectivity index (χ1n) is 9.84. The molecule has 0 saturated carbocycles. The maximum absolute atomic E-state index is 13.0. The van der Waals surface area contributed by atoms with Crippen molar-refractivity contribution < 1.29 is 9.59 Å². The molecule has 7 nitrogen and oxygen atoms in total. The van der Waals surface area contributed by atoms with Gasteiger partial charge in [0.2, 0.25) is 11.8 Å². The summed E-state index contributed by atoms with van der Waals surface area (Å²) in [4.78, 5) is 44.5. The number of amides is 2. The van der Waals surface area contributed by atoms with E-state index in [1.165, 1.54) is 16.4 Å². The van der Waals surface area contributed by atoms with E-state index in [1.54, 1.807) is 23.1 Å². The maximum atomic E-state index is 13.0. The summed E-state index contributed by atoms with van der Waals surface area (Å²) in [7, 11) is 0. The monoisotopic (exact) mass is 422 g/mol. The number of rotatable bonds is 6. The van der Waals surface area contributed by atoms with Gasteiger partial charge in [0.1, 0.15) is 0 Å². The predicted molar refractivity (Wildman–Crippen MR) is 117 cm³/mol. The van der Waals surface area contributed by atoms with Crippen molar-refractivity contribution >= 4 is 34.5 Å². The second-order valence-corrected chi connectivity index (χ2v) is 8.35. The molecule has 0 bridgehead atoms. The lowest BCUT2D eigenvalue weighted by molar-refractivity contribution is -0.128. The molecule has 0 aliphatic carbocycles. The molecular weight excluding hydrogens is 400 g/mol. The predicted octanol–water partition coefficient (Wildman–Crippen LogP) is 2.63. The lowest BCUT2D eigenvalue weighted by Gasteiger charge is -2.18. The van der Waals surface area contributed by atoms with Crippen LogP contribution in [0.1, 0.15) is 18.9 Å². The minimum Gasteiger partial charge on any atom is -0.338 e. The number of para-hydroxylation sites is 1. The van der Waals surface area contributed by atoms with Crippen molar-refractivity contribution in [2.24, 2.45) is 5.92 Å². The smallest absolute Gasteiger partial charge is 0.281 e. The number of nitrogens with one attached hydrogen (secondary N) is 1. The summed E-state index contributed by atoms with van der Waals surface area (Å²) < 4.78 is 1.21. The zero-order valence-electron chi connectivity index (χ0n) is 16.6. The minimum absolute atomic E-state index is 0.0638. The number of aromatic nitrogens is 2. The van der Waals surface area contributed by atoms with Gasteiger partial charge in [0.25, 0.3) is 5.56 Å². The summed E-state index contributed by atoms with van der Waals surface area (Å²) in [5.74, 6) is -0.228. The van der Waals surface area contributed by atoms with E-state index in [9.17, 15) is 14.4 Å². The van der Waals surface area contributed by atoms with Crippen LogP contribution < -0.4 is 11.0 Å². The molecule has 8 heteroatoms. The number of carbonyl (C=O) groups is 2. The molecule has 0 radical (unpaired) electrons. The van der Waals surface area contributed by atoms with Crippen molar-refractivity contribution in [3.63, 3.8) is 0 Å². The molecule has 2 aromatic carbocycles. The van der Waals surface area contributed by atoms with Crippen LogP contribution in [0.25, 0.3) is 10.9 Å². The number of carbonyl (C=O) groups excluding carboxylic acids is 2. The summed E-state index contributed by atoms with van der Waals surface area (Å²) in [5, 5.41) is 0.867. The van der Waals surface area contributed by atoms with E-state index in [2.05, 4.69) is 10.4 Å². The van der Waals surface area contributed by atoms with Crippen LogP contribution in [0.15, 0.2) is 64.5 Å². The number of nitrogens with zero attached hydrogens (tertiary/aromatic N) is 3. The van der Waals surface area contributed by atoms with E-state index in [0.717, 1.165) is 5.56 Å². The Morgan fingerprint density at radius 2 is 1.87 bits per heavy atom. The number of likely N-dealkylation sites (tertiary alicyclic amines) is 1. The molecular formula is C22H22N4O3S. The van der Waals surface area contributed by atoms with Crippen molar-refractivity contribution in [3.8, 4) is 0 Å². The third-order valence-corrected chi connectivity index (χ3v) is 5.86. The summed E-state index contributed by atoms with van der Waals surface area (Å²) in [6.45, 7) is 2.75. The fraction of sp³-hybridized carbons (Fsp3) is 0.273. The van der Waals surface area contributed by atoms with E-state index in [0.29, 0.717) is 34.9 Å². The molecule has 1 unspecified atom stereocenters. The van der Waals surface area contributed by atoms with Crippen molar-refractivity contribution in [2.45, 2.75) is 25.0 Å². The average Bonchev–Trinajstić information content (AvgIpc) is 3.12. The van der Waals surface area contributed by atoms with Gasteiger partial charge in [0, 0.05) is 19.5 Å². The number of thioether (sulfide) groups is 1. The number of fused-ring (bicyclic) bond motifs is 1. The van der Waals surface area contributed by atoms with Crippen LogP contribution in [0.3, 0.4) is 0 Å². The van der Waals surface area contributed by atoms with Crippen molar-refractivity contribution in [1.29, 1.82) is 0 Å². The molecule has 2 amide bonds. The standard InChI is InChI=1S/C22H22N4O3S/c1-2-30-22-23-18-11-7-6-10-17(18)21(29)26(22)24-20(28)16-12-19(27)25(14-16)13-15-8-4-3-5-9-15/h3-11,16H,2,12-14H2,1H3,(H,24,28). The lowest BCUT2D eigenvalue weighted by Crippen LogP contribution is -2.38. The summed E-state index contributed by atoms with van der Waals surface area (Å²) in [5.41, 5.74) is 3.99. The Hall–Kier alpha value is -3.13. The van der Waals surface area contributed by atoms with Gasteiger partial charge in [-0.05, 0) is 23.4 Å². The SMILES string of the molecule is CCSc1nc2ccccc2c(=O)n1NC(=O)C1CC(=O)N(Cc2ccccc2)C1. The Bertz CT molecular complexity index is 1150. The quantitative estimate of drug-likeness (QED) is 0.488. The largest absolute Gasteiger partial charge is 0.338 e. The first kappa shape index (κ1) is 20.2. The highest BCUT2D eigenvalue weighted by Gasteiger charge is 2.34. The van der Waals surface area contributed by atoms with Gasteiger partial charge in [0.05, 0.1) is 16.8 Å². The highest BCUT2D eigenvalue weighted by Crippen LogP contribution is 2.22. The van der Waals surface area contributed by atoms with Crippen LogP contribution in [-0.4, -0.2) is 38.7 Å². The van der Waals surface area contributed by atoms with Gasteiger partial charge in [0.15, 0.2) is 5.16 Å². The van der Waals surface area contributed by atoms with Gasteiger partial charge in [-0.3, -0.25) is 19.8 Å². The van der Waals surface area contributed by atoms with Gasteiger partial charge >= 0.3 is 0 Å². The van der Waals surface area contributed by atoms with E-state index < -0.39 is 5.92 Å². The molecule has 1 fully saturated rings. The molecule has 30 heavy (non-hydrogen) atoms. The second kappa shape index (κ2) is 8.71. The molecule has 1 atom stereocenters. The van der Waals surface area contributed by atoms with Gasteiger partial charge in [-0.25, -0.2) is 4.98 Å². The summed E-state index contributed by atoms with van der Waals surface area (Å²) in [6, 6.07) is 16.7. The Labute approximate surface area is 178 Å². The van der Waals surface area contributed by atoms with E-state index in [4.69, 9.17) is 0 Å². The molecule has 4 rings (SSSR count). The third kappa shape index (κ3) is 4.09. The lowest BCUT2D eigenvalue weighted by atomic mass is 10.1. The Balaban J connectivity index is 1.54. The molecule has 1 saturated heterocycles. The zero-order valence-corrected chi connectivity index (χ0v) is 17.4. The van der Waals surface area contributed by atoms with Crippen LogP contribution in [-0.2, 0) is 16.1 Å². The molecule has 1 N–H and O–H groups in total. The normalized spacial score (nSPS) is 16.2. The molecule has 3 aromatic rings.